The fourth-order valence-corrected chi connectivity index (χ4v) is 3.07. The summed E-state index contributed by atoms with van der Waals surface area (Å²) in [5.74, 6) is -0.0334. The molecule has 1 amide bonds. The number of aryl methyl sites for hydroxylation is 3. The average Bonchev–Trinajstić information content (AvgIpc) is 2.91. The molecule has 0 aliphatic carbocycles. The molecule has 0 fully saturated rings. The summed E-state index contributed by atoms with van der Waals surface area (Å²) in [6.07, 6.45) is 0. The molecule has 0 saturated carbocycles. The van der Waals surface area contributed by atoms with Crippen molar-refractivity contribution in [3.8, 4) is 5.75 Å². The van der Waals surface area contributed by atoms with E-state index in [1.807, 2.05) is 57.4 Å². The van der Waals surface area contributed by atoms with Crippen molar-refractivity contribution in [2.45, 2.75) is 41.2 Å². The Bertz CT molecular complexity index is 824. The van der Waals surface area contributed by atoms with Gasteiger partial charge in [0, 0.05) is 17.9 Å². The first-order valence-corrected chi connectivity index (χ1v) is 9.14. The lowest BCUT2D eigenvalue weighted by Gasteiger charge is -2.11. The van der Waals surface area contributed by atoms with Gasteiger partial charge in [-0.25, -0.2) is 4.79 Å². The van der Waals surface area contributed by atoms with Crippen LogP contribution in [0.2, 0.25) is 0 Å². The van der Waals surface area contributed by atoms with Crippen LogP contribution in [-0.4, -0.2) is 36.2 Å². The fourth-order valence-electron chi connectivity index (χ4n) is 3.07. The van der Waals surface area contributed by atoms with Crippen LogP contribution in [0.15, 0.2) is 24.3 Å². The maximum Gasteiger partial charge on any atom is 0.340 e. The number of amides is 1. The van der Waals surface area contributed by atoms with Crippen LogP contribution in [-0.2, 0) is 16.1 Å². The lowest BCUT2D eigenvalue weighted by molar-refractivity contribution is -0.124. The maximum absolute atomic E-state index is 12.2. The molecule has 0 aliphatic heterocycles. The summed E-state index contributed by atoms with van der Waals surface area (Å²) >= 11 is 0. The van der Waals surface area contributed by atoms with E-state index in [0.29, 0.717) is 18.7 Å². The van der Waals surface area contributed by atoms with E-state index in [1.165, 1.54) is 5.56 Å². The third kappa shape index (κ3) is 5.36. The summed E-state index contributed by atoms with van der Waals surface area (Å²) < 4.78 is 12.8. The van der Waals surface area contributed by atoms with Crippen molar-refractivity contribution in [1.29, 1.82) is 0 Å². The van der Waals surface area contributed by atoms with Crippen LogP contribution in [0.5, 0.6) is 5.75 Å². The SMILES string of the molecule is CCn1c(C)cc(C(=O)OCC(=O)NCCOc2ccc(C)cc2C)c1C. The van der Waals surface area contributed by atoms with Crippen molar-refractivity contribution in [3.63, 3.8) is 0 Å². The normalized spacial score (nSPS) is 10.6. The van der Waals surface area contributed by atoms with E-state index >= 15 is 0 Å². The zero-order valence-corrected chi connectivity index (χ0v) is 16.7. The number of nitrogens with one attached hydrogen (secondary N) is 1. The summed E-state index contributed by atoms with van der Waals surface area (Å²) in [7, 11) is 0. The minimum atomic E-state index is -0.482. The van der Waals surface area contributed by atoms with Gasteiger partial charge in [-0.3, -0.25) is 4.79 Å². The number of aromatic nitrogens is 1. The van der Waals surface area contributed by atoms with Crippen molar-refractivity contribution >= 4 is 11.9 Å². The van der Waals surface area contributed by atoms with E-state index in [9.17, 15) is 9.59 Å². The summed E-state index contributed by atoms with van der Waals surface area (Å²) in [4.78, 5) is 24.1. The number of hydrogen-bond donors (Lipinski definition) is 1. The van der Waals surface area contributed by atoms with Gasteiger partial charge < -0.3 is 19.4 Å². The number of benzene rings is 1. The van der Waals surface area contributed by atoms with Crippen LogP contribution in [0.1, 0.15) is 39.8 Å². The Balaban J connectivity index is 1.74. The van der Waals surface area contributed by atoms with Gasteiger partial charge in [0.15, 0.2) is 6.61 Å². The van der Waals surface area contributed by atoms with Crippen LogP contribution >= 0.6 is 0 Å². The van der Waals surface area contributed by atoms with Gasteiger partial charge in [0.1, 0.15) is 12.4 Å². The Hall–Kier alpha value is -2.76. The smallest absolute Gasteiger partial charge is 0.340 e. The van der Waals surface area contributed by atoms with Crippen LogP contribution in [0.4, 0.5) is 0 Å². The molecule has 2 aromatic rings. The standard InChI is InChI=1S/C21H28N2O4/c1-6-23-16(4)12-18(17(23)5)21(25)27-13-20(24)22-9-10-26-19-8-7-14(2)11-15(19)3/h7-8,11-12H,6,9-10,13H2,1-5H3,(H,22,24). The largest absolute Gasteiger partial charge is 0.491 e. The molecule has 0 aliphatic rings. The van der Waals surface area contributed by atoms with Gasteiger partial charge in [-0.2, -0.15) is 0 Å². The number of carbonyl (C=O) groups excluding carboxylic acids is 2. The molecule has 0 spiro atoms. The zero-order chi connectivity index (χ0) is 20.0. The van der Waals surface area contributed by atoms with E-state index in [1.54, 1.807) is 6.07 Å². The summed E-state index contributed by atoms with van der Waals surface area (Å²) in [6, 6.07) is 7.73. The van der Waals surface area contributed by atoms with Crippen molar-refractivity contribution in [3.05, 3.63) is 52.3 Å². The average molecular weight is 372 g/mol. The van der Waals surface area contributed by atoms with Crippen molar-refractivity contribution in [1.82, 2.24) is 9.88 Å². The third-order valence-electron chi connectivity index (χ3n) is 4.46. The van der Waals surface area contributed by atoms with E-state index in [0.717, 1.165) is 29.2 Å². The topological polar surface area (TPSA) is 69.6 Å². The van der Waals surface area contributed by atoms with E-state index < -0.39 is 5.97 Å². The van der Waals surface area contributed by atoms with Crippen LogP contribution in [0, 0.1) is 27.7 Å². The number of nitrogens with zero attached hydrogens (tertiary/aromatic N) is 1. The number of rotatable bonds is 8. The lowest BCUT2D eigenvalue weighted by atomic mass is 10.1. The molecule has 1 heterocycles. The third-order valence-corrected chi connectivity index (χ3v) is 4.46. The Kier molecular flexibility index (Phi) is 7.05. The minimum Gasteiger partial charge on any atom is -0.491 e. The summed E-state index contributed by atoms with van der Waals surface area (Å²) in [5.41, 5.74) is 4.58. The summed E-state index contributed by atoms with van der Waals surface area (Å²) in [5, 5.41) is 2.69. The molecule has 6 heteroatoms. The fraction of sp³-hybridized carbons (Fsp3) is 0.429. The second-order valence-electron chi connectivity index (χ2n) is 6.57. The molecule has 0 unspecified atom stereocenters. The molecule has 1 aromatic heterocycles. The molecular formula is C21H28N2O4. The van der Waals surface area contributed by atoms with Crippen molar-refractivity contribution in [2.75, 3.05) is 19.8 Å². The quantitative estimate of drug-likeness (QED) is 0.571. The van der Waals surface area contributed by atoms with Crippen LogP contribution in [0.25, 0.3) is 0 Å². The van der Waals surface area contributed by atoms with Crippen LogP contribution < -0.4 is 10.1 Å². The van der Waals surface area contributed by atoms with Gasteiger partial charge in [-0.05, 0) is 52.3 Å². The van der Waals surface area contributed by atoms with Gasteiger partial charge >= 0.3 is 5.97 Å². The molecule has 146 valence electrons. The molecule has 0 atom stereocenters. The van der Waals surface area contributed by atoms with Gasteiger partial charge in [0.25, 0.3) is 5.91 Å². The summed E-state index contributed by atoms with van der Waals surface area (Å²) in [6.45, 7) is 11.0. The Morgan fingerprint density at radius 1 is 1.11 bits per heavy atom. The minimum absolute atomic E-state index is 0.307. The monoisotopic (exact) mass is 372 g/mol. The lowest BCUT2D eigenvalue weighted by Crippen LogP contribution is -2.32. The molecule has 2 rings (SSSR count). The van der Waals surface area contributed by atoms with Crippen molar-refractivity contribution in [2.24, 2.45) is 0 Å². The van der Waals surface area contributed by atoms with E-state index in [2.05, 4.69) is 5.32 Å². The highest BCUT2D eigenvalue weighted by Gasteiger charge is 2.17. The number of ether oxygens (including phenoxy) is 2. The second-order valence-corrected chi connectivity index (χ2v) is 6.57. The highest BCUT2D eigenvalue weighted by atomic mass is 16.5. The Labute approximate surface area is 160 Å². The Morgan fingerprint density at radius 3 is 2.48 bits per heavy atom. The van der Waals surface area contributed by atoms with Gasteiger partial charge in [-0.1, -0.05) is 17.7 Å². The van der Waals surface area contributed by atoms with Crippen molar-refractivity contribution < 1.29 is 19.1 Å². The highest BCUT2D eigenvalue weighted by Crippen LogP contribution is 2.18. The molecule has 0 saturated heterocycles. The van der Waals surface area contributed by atoms with Gasteiger partial charge in [0.05, 0.1) is 12.1 Å². The Morgan fingerprint density at radius 2 is 1.85 bits per heavy atom. The molecule has 6 nitrogen and oxygen atoms in total. The first kappa shape index (κ1) is 20.6. The van der Waals surface area contributed by atoms with E-state index in [-0.39, 0.29) is 12.5 Å². The number of hydrogen-bond acceptors (Lipinski definition) is 4. The molecule has 0 radical (unpaired) electrons. The predicted molar refractivity (Wildman–Crippen MR) is 104 cm³/mol. The first-order valence-electron chi connectivity index (χ1n) is 9.14. The second kappa shape index (κ2) is 9.26. The number of carbonyl (C=O) groups is 2. The predicted octanol–water partition coefficient (Wildman–Crippen LogP) is 3.09. The first-order chi connectivity index (χ1) is 12.8. The van der Waals surface area contributed by atoms with Gasteiger partial charge in [0.2, 0.25) is 0 Å². The van der Waals surface area contributed by atoms with E-state index in [4.69, 9.17) is 9.47 Å². The molecule has 1 N–H and O–H groups in total. The number of esters is 1. The molecule has 1 aromatic carbocycles. The molecular weight excluding hydrogens is 344 g/mol. The maximum atomic E-state index is 12.2. The van der Waals surface area contributed by atoms with Gasteiger partial charge in [-0.15, -0.1) is 0 Å². The highest BCUT2D eigenvalue weighted by molar-refractivity contribution is 5.92. The zero-order valence-electron chi connectivity index (χ0n) is 16.7. The van der Waals surface area contributed by atoms with Crippen LogP contribution in [0.3, 0.4) is 0 Å². The molecule has 27 heavy (non-hydrogen) atoms. The molecule has 0 bridgehead atoms.